The highest BCUT2D eigenvalue weighted by atomic mass is 79.9. The second-order valence-corrected chi connectivity index (χ2v) is 7.72. The van der Waals surface area contributed by atoms with Crippen LogP contribution in [0.15, 0.2) is 46.9 Å². The Morgan fingerprint density at radius 3 is 2.62 bits per heavy atom. The summed E-state index contributed by atoms with van der Waals surface area (Å²) in [6, 6.07) is 13.5. The van der Waals surface area contributed by atoms with Gasteiger partial charge in [-0.05, 0) is 42.3 Å². The number of benzene rings is 2. The van der Waals surface area contributed by atoms with E-state index >= 15 is 0 Å². The van der Waals surface area contributed by atoms with E-state index in [9.17, 15) is 4.79 Å². The van der Waals surface area contributed by atoms with E-state index in [0.29, 0.717) is 17.1 Å². The Hall–Kier alpha value is -1.56. The van der Waals surface area contributed by atoms with Gasteiger partial charge in [-0.25, -0.2) is 0 Å². The average molecular weight is 438 g/mol. The van der Waals surface area contributed by atoms with Crippen LogP contribution >= 0.6 is 27.5 Å². The minimum atomic E-state index is 0.00241. The van der Waals surface area contributed by atoms with E-state index in [1.807, 2.05) is 23.1 Å². The summed E-state index contributed by atoms with van der Waals surface area (Å²) < 4.78 is 6.07. The van der Waals surface area contributed by atoms with Crippen molar-refractivity contribution < 1.29 is 9.53 Å². The SMILES string of the molecule is COc1ccc(CN2CCCN(C(=O)c3cc(Br)ccc3Cl)CC2)cc1. The molecule has 1 heterocycles. The lowest BCUT2D eigenvalue weighted by Crippen LogP contribution is -2.35. The number of nitrogens with zero attached hydrogens (tertiary/aromatic N) is 2. The van der Waals surface area contributed by atoms with E-state index in [-0.39, 0.29) is 5.91 Å². The summed E-state index contributed by atoms with van der Waals surface area (Å²) in [5, 5.41) is 0.498. The molecule has 0 atom stereocenters. The fourth-order valence-electron chi connectivity index (χ4n) is 3.15. The van der Waals surface area contributed by atoms with Crippen LogP contribution in [0.1, 0.15) is 22.3 Å². The summed E-state index contributed by atoms with van der Waals surface area (Å²) in [5.74, 6) is 0.870. The third-order valence-electron chi connectivity index (χ3n) is 4.60. The van der Waals surface area contributed by atoms with Gasteiger partial charge < -0.3 is 9.64 Å². The molecule has 0 radical (unpaired) electrons. The van der Waals surface area contributed by atoms with E-state index in [0.717, 1.165) is 42.8 Å². The average Bonchev–Trinajstić information content (AvgIpc) is 2.89. The predicted molar refractivity (Wildman–Crippen MR) is 108 cm³/mol. The lowest BCUT2D eigenvalue weighted by molar-refractivity contribution is 0.0761. The van der Waals surface area contributed by atoms with Crippen molar-refractivity contribution in [2.45, 2.75) is 13.0 Å². The molecule has 1 amide bonds. The quantitative estimate of drug-likeness (QED) is 0.708. The number of hydrogen-bond acceptors (Lipinski definition) is 3. The number of ether oxygens (including phenoxy) is 1. The summed E-state index contributed by atoms with van der Waals surface area (Å²) in [5.41, 5.74) is 1.81. The topological polar surface area (TPSA) is 32.8 Å². The van der Waals surface area contributed by atoms with Gasteiger partial charge in [0.05, 0.1) is 17.7 Å². The van der Waals surface area contributed by atoms with Crippen LogP contribution in [0.5, 0.6) is 5.75 Å². The monoisotopic (exact) mass is 436 g/mol. The van der Waals surface area contributed by atoms with Gasteiger partial charge in [0.15, 0.2) is 0 Å². The molecule has 0 saturated carbocycles. The van der Waals surface area contributed by atoms with Crippen molar-refractivity contribution >= 4 is 33.4 Å². The molecule has 1 fully saturated rings. The van der Waals surface area contributed by atoms with Gasteiger partial charge >= 0.3 is 0 Å². The van der Waals surface area contributed by atoms with Gasteiger partial charge in [0.2, 0.25) is 0 Å². The summed E-state index contributed by atoms with van der Waals surface area (Å²) in [6.45, 7) is 4.16. The number of rotatable bonds is 4. The van der Waals surface area contributed by atoms with Crippen molar-refractivity contribution in [3.63, 3.8) is 0 Å². The summed E-state index contributed by atoms with van der Waals surface area (Å²) in [7, 11) is 1.67. The summed E-state index contributed by atoms with van der Waals surface area (Å²) in [6.07, 6.45) is 0.952. The molecule has 138 valence electrons. The van der Waals surface area contributed by atoms with E-state index in [1.54, 1.807) is 19.2 Å². The zero-order valence-electron chi connectivity index (χ0n) is 14.8. The Morgan fingerprint density at radius 2 is 1.88 bits per heavy atom. The molecule has 0 bridgehead atoms. The van der Waals surface area contributed by atoms with Gasteiger partial charge in [0.1, 0.15) is 5.75 Å². The van der Waals surface area contributed by atoms with E-state index < -0.39 is 0 Å². The lowest BCUT2D eigenvalue weighted by Gasteiger charge is -2.22. The summed E-state index contributed by atoms with van der Waals surface area (Å²) in [4.78, 5) is 17.1. The van der Waals surface area contributed by atoms with E-state index in [2.05, 4.69) is 33.0 Å². The molecule has 0 spiro atoms. The maximum absolute atomic E-state index is 12.8. The molecular formula is C20H22BrClN2O2. The number of carbonyl (C=O) groups is 1. The largest absolute Gasteiger partial charge is 0.497 e. The van der Waals surface area contributed by atoms with Crippen molar-refractivity contribution in [2.24, 2.45) is 0 Å². The highest BCUT2D eigenvalue weighted by molar-refractivity contribution is 9.10. The maximum Gasteiger partial charge on any atom is 0.255 e. The smallest absolute Gasteiger partial charge is 0.255 e. The van der Waals surface area contributed by atoms with E-state index in [4.69, 9.17) is 16.3 Å². The standard InChI is InChI=1S/C20H22BrClN2O2/c1-26-17-6-3-15(4-7-17)14-23-9-2-10-24(12-11-23)20(25)18-13-16(21)5-8-19(18)22/h3-8,13H,2,9-12,14H2,1H3. The van der Waals surface area contributed by atoms with Crippen molar-refractivity contribution in [3.8, 4) is 5.75 Å². The molecule has 2 aromatic rings. The Bertz CT molecular complexity index is 767. The lowest BCUT2D eigenvalue weighted by atomic mass is 10.2. The predicted octanol–water partition coefficient (Wildman–Crippen LogP) is 4.46. The zero-order chi connectivity index (χ0) is 18.5. The molecule has 1 aliphatic heterocycles. The van der Waals surface area contributed by atoms with Crippen molar-refractivity contribution in [2.75, 3.05) is 33.3 Å². The fraction of sp³-hybridized carbons (Fsp3) is 0.350. The van der Waals surface area contributed by atoms with Gasteiger partial charge in [-0.15, -0.1) is 0 Å². The Kier molecular flexibility index (Phi) is 6.57. The molecule has 0 N–H and O–H groups in total. The highest BCUT2D eigenvalue weighted by Crippen LogP contribution is 2.23. The van der Waals surface area contributed by atoms with Crippen molar-refractivity contribution in [1.29, 1.82) is 0 Å². The molecule has 4 nitrogen and oxygen atoms in total. The number of amides is 1. The van der Waals surface area contributed by atoms with Gasteiger partial charge in [-0.3, -0.25) is 9.69 Å². The van der Waals surface area contributed by atoms with Gasteiger partial charge in [-0.1, -0.05) is 39.7 Å². The van der Waals surface area contributed by atoms with E-state index in [1.165, 1.54) is 5.56 Å². The molecule has 6 heteroatoms. The van der Waals surface area contributed by atoms with Gasteiger partial charge in [0, 0.05) is 37.2 Å². The molecule has 26 heavy (non-hydrogen) atoms. The molecule has 0 aliphatic carbocycles. The van der Waals surface area contributed by atoms with Crippen LogP contribution in [0.2, 0.25) is 5.02 Å². The molecular weight excluding hydrogens is 416 g/mol. The first-order chi connectivity index (χ1) is 12.6. The van der Waals surface area contributed by atoms with Gasteiger partial charge in [-0.2, -0.15) is 0 Å². The van der Waals surface area contributed by atoms with Crippen molar-refractivity contribution in [1.82, 2.24) is 9.80 Å². The molecule has 1 aliphatic rings. The first-order valence-electron chi connectivity index (χ1n) is 8.66. The Morgan fingerprint density at radius 1 is 1.12 bits per heavy atom. The molecule has 0 aromatic heterocycles. The van der Waals surface area contributed by atoms with Crippen LogP contribution in [0.25, 0.3) is 0 Å². The van der Waals surface area contributed by atoms with Crippen LogP contribution in [-0.2, 0) is 6.54 Å². The van der Waals surface area contributed by atoms with Crippen LogP contribution in [0.3, 0.4) is 0 Å². The van der Waals surface area contributed by atoms with Crippen LogP contribution in [0, 0.1) is 0 Å². The normalized spacial score (nSPS) is 15.6. The minimum Gasteiger partial charge on any atom is -0.497 e. The van der Waals surface area contributed by atoms with Gasteiger partial charge in [0.25, 0.3) is 5.91 Å². The number of methoxy groups -OCH3 is 1. The third-order valence-corrected chi connectivity index (χ3v) is 5.42. The molecule has 0 unspecified atom stereocenters. The summed E-state index contributed by atoms with van der Waals surface area (Å²) >= 11 is 9.64. The third kappa shape index (κ3) is 4.78. The number of hydrogen-bond donors (Lipinski definition) is 0. The molecule has 2 aromatic carbocycles. The molecule has 3 rings (SSSR count). The first kappa shape index (κ1) is 19.2. The van der Waals surface area contributed by atoms with Crippen LogP contribution in [0.4, 0.5) is 0 Å². The minimum absolute atomic E-state index is 0.00241. The molecule has 1 saturated heterocycles. The van der Waals surface area contributed by atoms with Crippen molar-refractivity contribution in [3.05, 3.63) is 63.1 Å². The Labute approximate surface area is 167 Å². The highest BCUT2D eigenvalue weighted by Gasteiger charge is 2.22. The first-order valence-corrected chi connectivity index (χ1v) is 9.83. The zero-order valence-corrected chi connectivity index (χ0v) is 17.1. The second kappa shape index (κ2) is 8.89. The number of carbonyl (C=O) groups excluding carboxylic acids is 1. The fourth-order valence-corrected chi connectivity index (χ4v) is 3.71. The van der Waals surface area contributed by atoms with Crippen LogP contribution < -0.4 is 4.74 Å². The number of halogens is 2. The Balaban J connectivity index is 1.62. The second-order valence-electron chi connectivity index (χ2n) is 6.39. The maximum atomic E-state index is 12.8. The van der Waals surface area contributed by atoms with Crippen LogP contribution in [-0.4, -0.2) is 49.0 Å².